The molecule has 0 aliphatic carbocycles. The molecule has 0 aliphatic rings. The van der Waals surface area contributed by atoms with E-state index >= 15 is 0 Å². The summed E-state index contributed by atoms with van der Waals surface area (Å²) in [6.07, 6.45) is 0. The Labute approximate surface area is 217 Å². The van der Waals surface area contributed by atoms with Crippen LogP contribution in [0.2, 0.25) is 0 Å². The van der Waals surface area contributed by atoms with Crippen molar-refractivity contribution in [3.05, 3.63) is 0 Å². The van der Waals surface area contributed by atoms with Crippen molar-refractivity contribution in [3.63, 3.8) is 0 Å². The number of rotatable bonds is 0. The largest absolute Gasteiger partial charge is 0 e. The molecule has 0 spiro atoms. The van der Waals surface area contributed by atoms with E-state index in [0.29, 0.717) is 0 Å². The van der Waals surface area contributed by atoms with Gasteiger partial charge in [-0.1, -0.05) is 0 Å². The molecule has 28 heteroatoms. The van der Waals surface area contributed by atoms with E-state index in [1.165, 1.54) is 0 Å². The monoisotopic (exact) mass is 1080 g/mol. The molecule has 0 amide bonds. The van der Waals surface area contributed by atoms with Crippen LogP contribution in [-0.2, 0) is 70.8 Å². The van der Waals surface area contributed by atoms with E-state index in [1.807, 2.05) is 0 Å². The fourth-order valence-corrected chi connectivity index (χ4v) is 0. The Balaban J connectivity index is -0.0000000290. The van der Waals surface area contributed by atoms with Gasteiger partial charge in [-0.05, 0) is 0 Å². The van der Waals surface area contributed by atoms with Crippen molar-refractivity contribution < 1.29 is 122 Å². The van der Waals surface area contributed by atoms with Gasteiger partial charge in [-0.25, -0.2) is 0 Å². The minimum Gasteiger partial charge on any atom is 0 e. The van der Waals surface area contributed by atoms with Crippen molar-refractivity contribution in [2.75, 3.05) is 0 Å². The first-order valence-corrected chi connectivity index (χ1v) is 24.5. The Morgan fingerprint density at radius 3 is 0.250 bits per heavy atom. The van der Waals surface area contributed by atoms with Crippen LogP contribution in [0.4, 0.5) is 0 Å². The molecule has 0 saturated heterocycles. The summed E-state index contributed by atoms with van der Waals surface area (Å²) < 4.78 is 173. The molecule has 0 atom stereocenters. The molecular formula is O20Sb5V3-15. The van der Waals surface area contributed by atoms with E-state index in [2.05, 4.69) is 0 Å². The van der Waals surface area contributed by atoms with Crippen LogP contribution in [0.5, 0.6) is 0 Å². The second-order valence-corrected chi connectivity index (χ2v) is 15.0. The molecule has 175 valence electrons. The fourth-order valence-electron chi connectivity index (χ4n) is 0. The first-order valence-electron chi connectivity index (χ1n) is 3.65. The van der Waals surface area contributed by atoms with Crippen molar-refractivity contribution in [1.82, 2.24) is 0 Å². The van der Waals surface area contributed by atoms with E-state index in [-0.39, 0.29) is 55.7 Å². The van der Waals surface area contributed by atoms with Crippen LogP contribution in [0, 0.1) is 0 Å². The van der Waals surface area contributed by atoms with Gasteiger partial charge < -0.3 is 0 Å². The molecule has 0 fully saturated rings. The average molecular weight is 1080 g/mol. The molecule has 0 aromatic carbocycles. The third-order valence-electron chi connectivity index (χ3n) is 0. The van der Waals surface area contributed by atoms with Crippen LogP contribution in [0.3, 0.4) is 0 Å². The zero-order valence-corrected chi connectivity index (χ0v) is 28.7. The van der Waals surface area contributed by atoms with Gasteiger partial charge in [-0.15, -0.1) is 0 Å². The first kappa shape index (κ1) is 53.6. The molecule has 0 bridgehead atoms. The molecule has 0 aromatic rings. The van der Waals surface area contributed by atoms with Gasteiger partial charge in [0.05, 0.1) is 0 Å². The van der Waals surface area contributed by atoms with Crippen LogP contribution in [0.1, 0.15) is 0 Å². The summed E-state index contributed by atoms with van der Waals surface area (Å²) in [7, 11) is 0. The molecular weight excluding hydrogens is 1080 g/mol. The van der Waals surface area contributed by atoms with Crippen molar-refractivity contribution in [2.45, 2.75) is 0 Å². The van der Waals surface area contributed by atoms with Gasteiger partial charge in [0, 0.05) is 55.7 Å². The maximum Gasteiger partial charge on any atom is 0 e. The van der Waals surface area contributed by atoms with Crippen LogP contribution >= 0.6 is 0 Å². The third kappa shape index (κ3) is 1440. The smallest absolute Gasteiger partial charge is 0 e. The van der Waals surface area contributed by atoms with Gasteiger partial charge in [0.1, 0.15) is 0 Å². The summed E-state index contributed by atoms with van der Waals surface area (Å²) in [4.78, 5) is 0. The van der Waals surface area contributed by atoms with E-state index in [9.17, 15) is 0 Å². The van der Waals surface area contributed by atoms with Crippen LogP contribution < -0.4 is 50.8 Å². The maximum atomic E-state index is 8.64. The van der Waals surface area contributed by atoms with Crippen molar-refractivity contribution >= 4 is 100 Å². The van der Waals surface area contributed by atoms with Crippen molar-refractivity contribution in [3.8, 4) is 0 Å². The minimum absolute atomic E-state index is 0. The maximum absolute atomic E-state index is 8.64. The summed E-state index contributed by atoms with van der Waals surface area (Å²) >= 11 is -30.5. The molecule has 20 nitrogen and oxygen atoms in total. The van der Waals surface area contributed by atoms with Gasteiger partial charge in [-0.3, -0.25) is 0 Å². The van der Waals surface area contributed by atoms with Crippen molar-refractivity contribution in [1.29, 1.82) is 0 Å². The summed E-state index contributed by atoms with van der Waals surface area (Å²) in [5, 5.41) is 0. The van der Waals surface area contributed by atoms with E-state index in [0.717, 1.165) is 0 Å². The van der Waals surface area contributed by atoms with Gasteiger partial charge in [0.2, 0.25) is 0 Å². The number of hydrogen-bond donors (Lipinski definition) is 0. The van der Waals surface area contributed by atoms with E-state index < -0.39 is 100 Å². The standard InChI is InChI=1S/20O.5Sb.3V/q;;;;;15*-1;;;;;;;;. The fraction of sp³-hybridized carbons (Fsp3) is 0. The van der Waals surface area contributed by atoms with Gasteiger partial charge in [0.15, 0.2) is 0 Å². The van der Waals surface area contributed by atoms with Crippen LogP contribution in [0.15, 0.2) is 0 Å². The summed E-state index contributed by atoms with van der Waals surface area (Å²) in [5.74, 6) is 0. The number of hydrogen-bond acceptors (Lipinski definition) is 20. The zero-order valence-electron chi connectivity index (χ0n) is 11.7. The molecule has 0 aromatic heterocycles. The van der Waals surface area contributed by atoms with Crippen LogP contribution in [0.25, 0.3) is 0 Å². The Morgan fingerprint density at radius 1 is 0.250 bits per heavy atom. The van der Waals surface area contributed by atoms with Gasteiger partial charge in [0.25, 0.3) is 0 Å². The molecule has 0 aliphatic heterocycles. The van der Waals surface area contributed by atoms with E-state index in [1.54, 1.807) is 0 Å². The molecule has 0 unspecified atom stereocenters. The average Bonchev–Trinajstić information content (AvgIpc) is 1.79. The predicted molar refractivity (Wildman–Crippen MR) is 32.2 cm³/mol. The van der Waals surface area contributed by atoms with Crippen LogP contribution in [-0.4, -0.2) is 100 Å². The molecule has 0 heterocycles. The summed E-state index contributed by atoms with van der Waals surface area (Å²) in [6, 6.07) is 0. The zero-order chi connectivity index (χ0) is 22.5. The molecule has 3 radical (unpaired) electrons. The summed E-state index contributed by atoms with van der Waals surface area (Å²) in [5.41, 5.74) is 0. The molecule has 0 rings (SSSR count). The quantitative estimate of drug-likeness (QED) is 0.203. The molecule has 28 heavy (non-hydrogen) atoms. The second-order valence-electron chi connectivity index (χ2n) is 2.24. The Bertz CT molecular complexity index is 379. The van der Waals surface area contributed by atoms with Crippen molar-refractivity contribution in [2.24, 2.45) is 0 Å². The Morgan fingerprint density at radius 2 is 0.250 bits per heavy atom. The normalized spacial score (nSPS) is 10.5. The SMILES string of the molecule is [O]=[Sb]([O-])([O-])[O-].[O]=[Sb]([O-])([O-])[O-].[O]=[Sb]([O-])([O-])[O-].[O]=[Sb]([O-])([O-])[O-].[O]=[Sb]([O-])([O-])[O-].[V].[V].[V]. The topological polar surface area (TPSA) is 431 Å². The van der Waals surface area contributed by atoms with Gasteiger partial charge >= 0.3 is 166 Å². The third-order valence-corrected chi connectivity index (χ3v) is 0. The Hall–Kier alpha value is 4.24. The summed E-state index contributed by atoms with van der Waals surface area (Å²) in [6.45, 7) is 0. The molecule has 0 saturated carbocycles. The predicted octanol–water partition coefficient (Wildman–Crippen LogP) is -20.3. The molecule has 0 N–H and O–H groups in total. The first-order chi connectivity index (χ1) is 10.0. The van der Waals surface area contributed by atoms with E-state index in [4.69, 9.17) is 65.9 Å². The minimum atomic E-state index is -6.10. The van der Waals surface area contributed by atoms with Gasteiger partial charge in [-0.2, -0.15) is 0 Å². The second kappa shape index (κ2) is 24.4. The Kier molecular flexibility index (Phi) is 46.6.